The predicted octanol–water partition coefficient (Wildman–Crippen LogP) is 23.4. The Bertz CT molecular complexity index is 3820. The molecule has 2 aromatic heterocycles. The van der Waals surface area contributed by atoms with Crippen LogP contribution in [0, 0.1) is 126 Å². The monoisotopic (exact) mass is 1590 g/mol. The Morgan fingerprint density at radius 2 is 0.769 bits per heavy atom. The molecule has 2 heterocycles. The van der Waals surface area contributed by atoms with Gasteiger partial charge in [0.25, 0.3) is 5.91 Å². The quantitative estimate of drug-likeness (QED) is 0.0467. The average Bonchev–Trinajstić information content (AvgIpc) is 1.06. The highest BCUT2D eigenvalue weighted by molar-refractivity contribution is 6.36. The second kappa shape index (κ2) is 38.1. The van der Waals surface area contributed by atoms with Gasteiger partial charge in [0.15, 0.2) is 11.4 Å². The molecule has 0 saturated heterocycles. The molecule has 12 nitrogen and oxygen atoms in total. The Balaban J connectivity index is 0.000000132. The number of unbranched alkanes of at least 4 members (excludes halogenated alkanes) is 1. The number of amides is 1. The molecule has 22 rings (SSSR count). The van der Waals surface area contributed by atoms with E-state index in [1.165, 1.54) is 127 Å². The molecule has 18 heteroatoms. The van der Waals surface area contributed by atoms with E-state index < -0.39 is 5.97 Å². The largest absolute Gasteiger partial charge is 0.476 e. The summed E-state index contributed by atoms with van der Waals surface area (Å²) in [4.78, 5) is 36.4. The van der Waals surface area contributed by atoms with Crippen molar-refractivity contribution in [2.24, 2.45) is 118 Å². The van der Waals surface area contributed by atoms with Gasteiger partial charge in [-0.1, -0.05) is 115 Å². The number of rotatable bonds is 20. The van der Waals surface area contributed by atoms with Crippen LogP contribution in [0.1, 0.15) is 226 Å². The third-order valence-electron chi connectivity index (χ3n) is 27.9. The molecule has 16 aliphatic rings. The van der Waals surface area contributed by atoms with Gasteiger partial charge in [0.05, 0.1) is 32.8 Å². The number of nitrogens with zero attached hydrogens (tertiary/aromatic N) is 4. The van der Waals surface area contributed by atoms with Gasteiger partial charge >= 0.3 is 5.97 Å². The van der Waals surface area contributed by atoms with Gasteiger partial charge in [-0.15, -0.1) is 0 Å². The van der Waals surface area contributed by atoms with Crippen molar-refractivity contribution in [3.05, 3.63) is 138 Å². The highest BCUT2D eigenvalue weighted by Gasteiger charge is 2.51. The average molecular weight is 1590 g/mol. The number of carboxylic acid groups (broad SMARTS) is 1. The summed E-state index contributed by atoms with van der Waals surface area (Å²) in [5.74, 6) is 18.3. The third-order valence-corrected chi connectivity index (χ3v) is 29.4. The SMILES string of the molecule is C.CCCCN.CNCCCC1C2CC3CC(C2)CC1C3.CNCCCC1C2CC3CC(C2)CC1C3.Cc1c(C(=O)NCCCC2C3CC4CC(C3)CC2C4)nn(-c2ccc(Cl)cc2Cl)c1-c1ccc(Cl)cc1.Cc1c(C(=O)O)nn(-c2ccc(Cl)cc2Cl)c1-c1ccc(Cl)cc1.O=C1C2CC3CC(C2)CC1C3. The first-order chi connectivity index (χ1) is 51.7. The van der Waals surface area contributed by atoms with Crippen LogP contribution in [-0.4, -0.2) is 82.6 Å². The Kier molecular flexibility index (Phi) is 29.3. The lowest BCUT2D eigenvalue weighted by molar-refractivity contribution is -0.139. The number of halogens is 6. The molecule has 0 radical (unpaired) electrons. The van der Waals surface area contributed by atoms with E-state index in [9.17, 15) is 19.5 Å². The van der Waals surface area contributed by atoms with Crippen molar-refractivity contribution < 1.29 is 19.5 Å². The van der Waals surface area contributed by atoms with Crippen LogP contribution in [0.2, 0.25) is 30.1 Å². The van der Waals surface area contributed by atoms with Crippen molar-refractivity contribution in [3.63, 3.8) is 0 Å². The molecule has 108 heavy (non-hydrogen) atoms. The zero-order valence-corrected chi connectivity index (χ0v) is 68.5. The summed E-state index contributed by atoms with van der Waals surface area (Å²) >= 11 is 37.0. The van der Waals surface area contributed by atoms with Crippen molar-refractivity contribution >= 4 is 87.3 Å². The second-order valence-electron chi connectivity index (χ2n) is 35.0. The minimum Gasteiger partial charge on any atom is -0.476 e. The molecule has 1 amide bonds. The number of nitrogens with one attached hydrogen (secondary N) is 3. The molecule has 16 saturated carbocycles. The minimum atomic E-state index is -1.11. The molecule has 588 valence electrons. The maximum absolute atomic E-state index is 13.3. The number of Topliss-reactive ketones (excluding diaryl/α,β-unsaturated/α-hetero) is 1. The molecule has 16 aliphatic carbocycles. The van der Waals surface area contributed by atoms with Gasteiger partial charge in [-0.05, 0) is 382 Å². The second-order valence-corrected chi connectivity index (χ2v) is 37.6. The summed E-state index contributed by atoms with van der Waals surface area (Å²) in [6, 6.07) is 24.8. The number of hydrogen-bond donors (Lipinski definition) is 5. The van der Waals surface area contributed by atoms with Crippen LogP contribution in [0.25, 0.3) is 33.9 Å². The highest BCUT2D eigenvalue weighted by Crippen LogP contribution is 2.60. The van der Waals surface area contributed by atoms with E-state index >= 15 is 0 Å². The summed E-state index contributed by atoms with van der Waals surface area (Å²) in [6.07, 6.45) is 40.1. The van der Waals surface area contributed by atoms with Crippen LogP contribution in [-0.2, 0) is 4.79 Å². The van der Waals surface area contributed by atoms with Crippen molar-refractivity contribution in [1.29, 1.82) is 0 Å². The first-order valence-corrected chi connectivity index (χ1v) is 43.7. The summed E-state index contributed by atoms with van der Waals surface area (Å²) in [7, 11) is 4.16. The number of benzene rings is 4. The molecule has 4 aromatic carbocycles. The van der Waals surface area contributed by atoms with E-state index in [0.717, 1.165) is 136 Å². The molecule has 6 aromatic rings. The topological polar surface area (TPSA) is 169 Å². The number of aromatic carboxylic acids is 1. The van der Waals surface area contributed by atoms with Crippen LogP contribution >= 0.6 is 69.6 Å². The van der Waals surface area contributed by atoms with Gasteiger partial charge in [0, 0.05) is 60.7 Å². The first-order valence-electron chi connectivity index (χ1n) is 41.4. The van der Waals surface area contributed by atoms with Crippen molar-refractivity contribution in [2.75, 3.05) is 40.3 Å². The van der Waals surface area contributed by atoms with Gasteiger partial charge in [0.1, 0.15) is 5.78 Å². The Hall–Kier alpha value is -4.47. The van der Waals surface area contributed by atoms with E-state index in [0.29, 0.717) is 82.6 Å². The Morgan fingerprint density at radius 3 is 1.07 bits per heavy atom. The lowest BCUT2D eigenvalue weighted by Crippen LogP contribution is -2.45. The highest BCUT2D eigenvalue weighted by atomic mass is 35.5. The van der Waals surface area contributed by atoms with Gasteiger partial charge in [-0.2, -0.15) is 10.2 Å². The van der Waals surface area contributed by atoms with Crippen molar-refractivity contribution in [3.8, 4) is 33.9 Å². The van der Waals surface area contributed by atoms with E-state index in [1.54, 1.807) is 130 Å². The maximum atomic E-state index is 13.3. The van der Waals surface area contributed by atoms with Gasteiger partial charge < -0.3 is 26.8 Å². The maximum Gasteiger partial charge on any atom is 0.356 e. The van der Waals surface area contributed by atoms with E-state index in [4.69, 9.17) is 80.4 Å². The molecular weight excluding hydrogens is 1470 g/mol. The molecule has 16 bridgehead atoms. The fraction of sp³-hybridized carbons (Fsp3) is 0.633. The number of ketones is 1. The zero-order valence-electron chi connectivity index (χ0n) is 64.0. The number of aromatic nitrogens is 4. The lowest BCUT2D eigenvalue weighted by Gasteiger charge is -2.54. The smallest absolute Gasteiger partial charge is 0.356 e. The van der Waals surface area contributed by atoms with Gasteiger partial charge in [-0.25, -0.2) is 14.2 Å². The molecule has 16 fully saturated rings. The van der Waals surface area contributed by atoms with Gasteiger partial charge in [-0.3, -0.25) is 9.59 Å². The van der Waals surface area contributed by atoms with Crippen molar-refractivity contribution in [2.45, 2.75) is 208 Å². The van der Waals surface area contributed by atoms with Crippen LogP contribution in [0.4, 0.5) is 0 Å². The number of hydrogen-bond acceptors (Lipinski definition) is 8. The van der Waals surface area contributed by atoms with Crippen LogP contribution in [0.15, 0.2) is 84.9 Å². The summed E-state index contributed by atoms with van der Waals surface area (Å²) < 4.78 is 3.25. The fourth-order valence-corrected chi connectivity index (χ4v) is 25.2. The molecular formula is C90H122Cl6N8O4. The number of carbonyl (C=O) groups excluding carboxylic acids is 2. The molecule has 0 aliphatic heterocycles. The number of nitrogens with two attached hydrogens (primary N) is 1. The van der Waals surface area contributed by atoms with E-state index in [2.05, 4.69) is 42.1 Å². The number of carbonyl (C=O) groups is 3. The molecule has 0 spiro atoms. The minimum absolute atomic E-state index is 0. The predicted molar refractivity (Wildman–Crippen MR) is 447 cm³/mol. The van der Waals surface area contributed by atoms with E-state index in [-0.39, 0.29) is 19.0 Å². The normalized spacial score (nSPS) is 30.3. The Labute approximate surface area is 675 Å². The van der Waals surface area contributed by atoms with Crippen LogP contribution in [0.3, 0.4) is 0 Å². The fourth-order valence-electron chi connectivity index (χ4n) is 24.0. The zero-order chi connectivity index (χ0) is 75.2. The standard InChI is InChI=1S/C30H32Cl3N3O.C17H11Cl3N2O2.2C14H25N.C10H14O.C4H11N.CH4/c1-17-28(30(37)34-10-2-3-25-21-12-18-11-19(14-21)15-22(25)13-18)35-36(27-9-8-24(32)16-26(27)33)29(17)20-4-6-23(31)7-5-20;1-9-15(17(23)24)21-22(14-7-6-12(19)8-13(14)20)16(9)10-2-4-11(18)5-3-10;2*1-15-4-2-3-14-12-6-10-5-11(8-12)9-13(14)7-10;11-10-8-2-6-1-7(4-8)5-9(10)3-6;1-2-3-4-5;/h4-9,16,18-19,21-22,25H,2-3,10-15H2,1H3,(H,34,37);2-8H,1H3,(H,23,24);2*10-15H,2-9H2,1H3;6-9H,1-5H2;2-5H2,1H3;1H4. The van der Waals surface area contributed by atoms with E-state index in [1.807, 2.05) is 37.3 Å². The summed E-state index contributed by atoms with van der Waals surface area (Å²) in [5, 5.41) is 31.2. The third kappa shape index (κ3) is 19.6. The molecule has 6 N–H and O–H groups in total. The lowest BCUT2D eigenvalue weighted by atomic mass is 9.51. The summed E-state index contributed by atoms with van der Waals surface area (Å²) in [6.45, 7) is 9.74. The summed E-state index contributed by atoms with van der Waals surface area (Å²) in [5.41, 5.74) is 11.2. The first kappa shape index (κ1) is 83.0. The van der Waals surface area contributed by atoms with Crippen LogP contribution < -0.4 is 21.7 Å². The molecule has 0 atom stereocenters. The van der Waals surface area contributed by atoms with Crippen molar-refractivity contribution in [1.82, 2.24) is 35.5 Å². The van der Waals surface area contributed by atoms with Gasteiger partial charge in [0.2, 0.25) is 0 Å². The van der Waals surface area contributed by atoms with Crippen LogP contribution in [0.5, 0.6) is 0 Å². The molecule has 0 unspecified atom stereocenters. The Morgan fingerprint density at radius 1 is 0.454 bits per heavy atom. The number of carboxylic acids is 1.